The molecule has 0 fully saturated rings. The minimum atomic E-state index is 0.222. The Morgan fingerprint density at radius 2 is 2.10 bits per heavy atom. The van der Waals surface area contributed by atoms with Gasteiger partial charge in [0.1, 0.15) is 11.6 Å². The zero-order valence-electron chi connectivity index (χ0n) is 12.7. The molecule has 0 bridgehead atoms. The lowest BCUT2D eigenvalue weighted by molar-refractivity contribution is 0.414. The van der Waals surface area contributed by atoms with Gasteiger partial charge in [0.15, 0.2) is 0 Å². The van der Waals surface area contributed by atoms with Crippen LogP contribution < -0.4 is 16.0 Å². The van der Waals surface area contributed by atoms with E-state index in [1.165, 1.54) is 5.56 Å². The first-order valence-electron chi connectivity index (χ1n) is 7.35. The highest BCUT2D eigenvalue weighted by Crippen LogP contribution is 2.14. The van der Waals surface area contributed by atoms with Crippen molar-refractivity contribution in [1.82, 2.24) is 15.0 Å². The van der Waals surface area contributed by atoms with Crippen LogP contribution in [0.25, 0.3) is 0 Å². The Balaban J connectivity index is 1.89. The molecule has 0 aliphatic heterocycles. The van der Waals surface area contributed by atoms with Gasteiger partial charge in [0, 0.05) is 31.4 Å². The van der Waals surface area contributed by atoms with Gasteiger partial charge in [-0.1, -0.05) is 12.1 Å². The quantitative estimate of drug-likeness (QED) is 0.575. The number of nitrogens with one attached hydrogen (secondary N) is 1. The number of ether oxygens (including phenoxy) is 1. The second kappa shape index (κ2) is 7.81. The number of methoxy groups -OCH3 is 1. The van der Waals surface area contributed by atoms with Gasteiger partial charge in [-0.2, -0.15) is 0 Å². The molecular weight excluding hydrogens is 264 g/mol. The van der Waals surface area contributed by atoms with Crippen LogP contribution in [0.5, 0.6) is 5.75 Å². The summed E-state index contributed by atoms with van der Waals surface area (Å²) in [6, 6.07) is 8.40. The second-order valence-corrected chi connectivity index (χ2v) is 5.08. The summed E-state index contributed by atoms with van der Waals surface area (Å²) in [5, 5.41) is 0. The van der Waals surface area contributed by atoms with Crippen molar-refractivity contribution in [3.8, 4) is 5.75 Å². The molecule has 1 unspecified atom stereocenters. The molecule has 0 aliphatic rings. The number of hydrogen-bond acceptors (Lipinski definition) is 4. The third-order valence-electron chi connectivity index (χ3n) is 3.75. The highest BCUT2D eigenvalue weighted by molar-refractivity contribution is 5.27. The molecule has 1 aromatic heterocycles. The summed E-state index contributed by atoms with van der Waals surface area (Å²) in [7, 11) is 1.68. The maximum atomic E-state index is 5.68. The van der Waals surface area contributed by atoms with Gasteiger partial charge in [-0.15, -0.1) is 0 Å². The molecule has 114 valence electrons. The number of rotatable bonds is 8. The monoisotopic (exact) mass is 288 g/mol. The van der Waals surface area contributed by atoms with Crippen LogP contribution in [0.15, 0.2) is 36.7 Å². The molecule has 0 spiro atoms. The molecule has 0 saturated heterocycles. The summed E-state index contributed by atoms with van der Waals surface area (Å²) < 4.78 is 7.32. The van der Waals surface area contributed by atoms with E-state index in [2.05, 4.69) is 34.0 Å². The van der Waals surface area contributed by atoms with Gasteiger partial charge < -0.3 is 9.30 Å². The third kappa shape index (κ3) is 4.31. The van der Waals surface area contributed by atoms with E-state index in [0.29, 0.717) is 0 Å². The lowest BCUT2D eigenvalue weighted by Crippen LogP contribution is -2.37. The molecule has 0 amide bonds. The number of aryl methyl sites for hydroxylation is 2. The Morgan fingerprint density at radius 3 is 2.71 bits per heavy atom. The van der Waals surface area contributed by atoms with Gasteiger partial charge in [0.2, 0.25) is 0 Å². The molecule has 1 heterocycles. The van der Waals surface area contributed by atoms with E-state index in [-0.39, 0.29) is 6.04 Å². The topological polar surface area (TPSA) is 65.1 Å². The zero-order chi connectivity index (χ0) is 15.1. The summed E-state index contributed by atoms with van der Waals surface area (Å²) in [6.07, 6.45) is 6.64. The third-order valence-corrected chi connectivity index (χ3v) is 3.75. The lowest BCUT2D eigenvalue weighted by atomic mass is 10.0. The van der Waals surface area contributed by atoms with Gasteiger partial charge in [-0.25, -0.2) is 4.98 Å². The number of hydrazine groups is 1. The van der Waals surface area contributed by atoms with Crippen LogP contribution in [0.3, 0.4) is 0 Å². The number of benzene rings is 1. The van der Waals surface area contributed by atoms with E-state index in [4.69, 9.17) is 10.6 Å². The van der Waals surface area contributed by atoms with E-state index >= 15 is 0 Å². The van der Waals surface area contributed by atoms with Crippen LogP contribution in [-0.2, 0) is 19.4 Å². The van der Waals surface area contributed by atoms with Crippen molar-refractivity contribution in [2.45, 2.75) is 38.8 Å². The maximum Gasteiger partial charge on any atom is 0.118 e. The molecule has 21 heavy (non-hydrogen) atoms. The largest absolute Gasteiger partial charge is 0.497 e. The number of nitrogens with two attached hydrogens (primary N) is 1. The molecule has 2 aromatic rings. The van der Waals surface area contributed by atoms with Crippen molar-refractivity contribution in [3.05, 3.63) is 48.0 Å². The Kier molecular flexibility index (Phi) is 5.78. The number of nitrogens with zero attached hydrogens (tertiary/aromatic N) is 2. The summed E-state index contributed by atoms with van der Waals surface area (Å²) in [5.74, 6) is 7.65. The van der Waals surface area contributed by atoms with Crippen LogP contribution in [0, 0.1) is 0 Å². The molecular formula is C16H24N4O. The normalized spacial score (nSPS) is 12.3. The second-order valence-electron chi connectivity index (χ2n) is 5.08. The summed E-state index contributed by atoms with van der Waals surface area (Å²) in [5.41, 5.74) is 4.19. The standard InChI is InChI=1S/C16H24N4O/c1-3-20-11-10-18-16(20)12-14(19-17)7-4-13-5-8-15(21-2)9-6-13/h5-6,8-11,14,19H,3-4,7,12,17H2,1-2H3. The first-order valence-corrected chi connectivity index (χ1v) is 7.35. The summed E-state index contributed by atoms with van der Waals surface area (Å²) in [4.78, 5) is 4.40. The van der Waals surface area contributed by atoms with E-state index in [0.717, 1.165) is 37.4 Å². The zero-order valence-corrected chi connectivity index (χ0v) is 12.7. The highest BCUT2D eigenvalue weighted by Gasteiger charge is 2.11. The molecule has 2 rings (SSSR count). The molecule has 1 atom stereocenters. The van der Waals surface area contributed by atoms with E-state index in [9.17, 15) is 0 Å². The first kappa shape index (κ1) is 15.5. The van der Waals surface area contributed by atoms with Crippen LogP contribution in [-0.4, -0.2) is 22.7 Å². The number of hydrogen-bond donors (Lipinski definition) is 2. The fraction of sp³-hybridized carbons (Fsp3) is 0.438. The van der Waals surface area contributed by atoms with Crippen molar-refractivity contribution in [3.63, 3.8) is 0 Å². The Hall–Kier alpha value is -1.85. The molecule has 0 radical (unpaired) electrons. The summed E-state index contributed by atoms with van der Waals surface area (Å²) >= 11 is 0. The fourth-order valence-electron chi connectivity index (χ4n) is 2.42. The van der Waals surface area contributed by atoms with Crippen LogP contribution in [0.4, 0.5) is 0 Å². The number of aromatic nitrogens is 2. The van der Waals surface area contributed by atoms with Crippen molar-refractivity contribution in [2.75, 3.05) is 7.11 Å². The predicted molar refractivity (Wildman–Crippen MR) is 84.0 cm³/mol. The molecule has 1 aromatic carbocycles. The van der Waals surface area contributed by atoms with Gasteiger partial charge in [-0.3, -0.25) is 11.3 Å². The lowest BCUT2D eigenvalue weighted by Gasteiger charge is -2.16. The minimum Gasteiger partial charge on any atom is -0.497 e. The average molecular weight is 288 g/mol. The summed E-state index contributed by atoms with van der Waals surface area (Å²) in [6.45, 7) is 3.05. The molecule has 0 aliphatic carbocycles. The van der Waals surface area contributed by atoms with E-state index in [1.807, 2.05) is 24.5 Å². The van der Waals surface area contributed by atoms with Gasteiger partial charge in [-0.05, 0) is 37.5 Å². The highest BCUT2D eigenvalue weighted by atomic mass is 16.5. The average Bonchev–Trinajstić information content (AvgIpc) is 2.99. The van der Waals surface area contributed by atoms with Crippen molar-refractivity contribution in [1.29, 1.82) is 0 Å². The molecule has 5 nitrogen and oxygen atoms in total. The Labute approximate surface area is 126 Å². The molecule has 0 saturated carbocycles. The molecule has 5 heteroatoms. The van der Waals surface area contributed by atoms with Gasteiger partial charge in [0.25, 0.3) is 0 Å². The van der Waals surface area contributed by atoms with Crippen molar-refractivity contribution >= 4 is 0 Å². The predicted octanol–water partition coefficient (Wildman–Crippen LogP) is 1.92. The molecule has 3 N–H and O–H groups in total. The van der Waals surface area contributed by atoms with Gasteiger partial charge in [0.05, 0.1) is 7.11 Å². The van der Waals surface area contributed by atoms with E-state index < -0.39 is 0 Å². The smallest absolute Gasteiger partial charge is 0.118 e. The van der Waals surface area contributed by atoms with Crippen molar-refractivity contribution in [2.24, 2.45) is 5.84 Å². The van der Waals surface area contributed by atoms with Gasteiger partial charge >= 0.3 is 0 Å². The van der Waals surface area contributed by atoms with Crippen LogP contribution in [0.2, 0.25) is 0 Å². The first-order chi connectivity index (χ1) is 10.3. The Bertz CT molecular complexity index is 535. The SMILES string of the molecule is CCn1ccnc1CC(CCc1ccc(OC)cc1)NN. The Morgan fingerprint density at radius 1 is 1.33 bits per heavy atom. The van der Waals surface area contributed by atoms with Crippen LogP contribution >= 0.6 is 0 Å². The minimum absolute atomic E-state index is 0.222. The van der Waals surface area contributed by atoms with Crippen LogP contribution in [0.1, 0.15) is 24.7 Å². The van der Waals surface area contributed by atoms with Crippen molar-refractivity contribution < 1.29 is 4.74 Å². The number of imidazole rings is 1. The fourth-order valence-corrected chi connectivity index (χ4v) is 2.42. The maximum absolute atomic E-state index is 5.68. The van der Waals surface area contributed by atoms with E-state index in [1.54, 1.807) is 7.11 Å².